The van der Waals surface area contributed by atoms with E-state index in [1.54, 1.807) is 12.4 Å². The summed E-state index contributed by atoms with van der Waals surface area (Å²) in [5.41, 5.74) is 9.28. The van der Waals surface area contributed by atoms with E-state index in [2.05, 4.69) is 39.1 Å². The number of nitrogens with two attached hydrogens (primary N) is 1. The molecule has 1 aliphatic heterocycles. The van der Waals surface area contributed by atoms with Crippen molar-refractivity contribution in [3.8, 4) is 0 Å². The van der Waals surface area contributed by atoms with E-state index >= 15 is 0 Å². The van der Waals surface area contributed by atoms with Gasteiger partial charge in [0, 0.05) is 31.2 Å². The quantitative estimate of drug-likeness (QED) is 0.894. The zero-order chi connectivity index (χ0) is 13.1. The van der Waals surface area contributed by atoms with E-state index in [0.717, 1.165) is 30.9 Å². The van der Waals surface area contributed by atoms with Crippen LogP contribution in [0.15, 0.2) is 36.7 Å². The van der Waals surface area contributed by atoms with E-state index in [0.29, 0.717) is 6.54 Å². The number of rotatable bonds is 2. The molecule has 0 aliphatic carbocycles. The van der Waals surface area contributed by atoms with E-state index in [-0.39, 0.29) is 0 Å². The molecule has 0 atom stereocenters. The number of nitrogens with zero attached hydrogens (tertiary/aromatic N) is 3. The van der Waals surface area contributed by atoms with E-state index in [1.165, 1.54) is 17.7 Å². The highest BCUT2D eigenvalue weighted by molar-refractivity contribution is 5.65. The van der Waals surface area contributed by atoms with Crippen LogP contribution in [0.4, 0.5) is 11.5 Å². The van der Waals surface area contributed by atoms with Crippen LogP contribution >= 0.6 is 0 Å². The summed E-state index contributed by atoms with van der Waals surface area (Å²) in [5, 5.41) is 0. The van der Waals surface area contributed by atoms with Crippen molar-refractivity contribution in [2.75, 3.05) is 11.4 Å². The van der Waals surface area contributed by atoms with Crippen LogP contribution in [0.5, 0.6) is 0 Å². The summed E-state index contributed by atoms with van der Waals surface area (Å²) in [5.74, 6) is 0.902. The Morgan fingerprint density at radius 2 is 1.95 bits per heavy atom. The summed E-state index contributed by atoms with van der Waals surface area (Å²) >= 11 is 0. The SMILES string of the molecule is NCc1nccnc1N1CCCCc2ccccc21. The van der Waals surface area contributed by atoms with Gasteiger partial charge in [-0.25, -0.2) is 4.98 Å². The lowest BCUT2D eigenvalue weighted by atomic mass is 10.1. The van der Waals surface area contributed by atoms with Crippen LogP contribution in [-0.4, -0.2) is 16.5 Å². The van der Waals surface area contributed by atoms with Gasteiger partial charge < -0.3 is 10.6 Å². The maximum atomic E-state index is 5.79. The second-order valence-electron chi connectivity index (χ2n) is 4.77. The molecule has 1 aromatic heterocycles. The minimum absolute atomic E-state index is 0.418. The number of aryl methyl sites for hydroxylation is 1. The maximum Gasteiger partial charge on any atom is 0.156 e. The third-order valence-corrected chi connectivity index (χ3v) is 3.56. The molecular formula is C15H18N4. The number of hydrogen-bond acceptors (Lipinski definition) is 4. The van der Waals surface area contributed by atoms with Crippen LogP contribution in [0, 0.1) is 0 Å². The molecule has 0 amide bonds. The molecule has 1 aromatic carbocycles. The molecule has 19 heavy (non-hydrogen) atoms. The van der Waals surface area contributed by atoms with Gasteiger partial charge in [-0.15, -0.1) is 0 Å². The van der Waals surface area contributed by atoms with Crippen LogP contribution in [0.1, 0.15) is 24.1 Å². The van der Waals surface area contributed by atoms with Crippen molar-refractivity contribution in [2.45, 2.75) is 25.8 Å². The first-order valence-corrected chi connectivity index (χ1v) is 6.75. The molecule has 1 aliphatic rings. The lowest BCUT2D eigenvalue weighted by molar-refractivity contribution is 0.753. The van der Waals surface area contributed by atoms with Gasteiger partial charge in [0.05, 0.1) is 5.69 Å². The summed E-state index contributed by atoms with van der Waals surface area (Å²) < 4.78 is 0. The van der Waals surface area contributed by atoms with E-state index in [1.807, 2.05) is 0 Å². The molecule has 2 aromatic rings. The fraction of sp³-hybridized carbons (Fsp3) is 0.333. The highest BCUT2D eigenvalue weighted by Crippen LogP contribution is 2.32. The molecule has 2 N–H and O–H groups in total. The fourth-order valence-electron chi connectivity index (χ4n) is 2.64. The number of anilines is 2. The van der Waals surface area contributed by atoms with E-state index in [9.17, 15) is 0 Å². The van der Waals surface area contributed by atoms with Gasteiger partial charge in [-0.2, -0.15) is 0 Å². The Labute approximate surface area is 113 Å². The third kappa shape index (κ3) is 2.31. The van der Waals surface area contributed by atoms with E-state index < -0.39 is 0 Å². The average Bonchev–Trinajstić information content (AvgIpc) is 2.69. The van der Waals surface area contributed by atoms with Crippen LogP contribution < -0.4 is 10.6 Å². The van der Waals surface area contributed by atoms with Crippen molar-refractivity contribution in [3.63, 3.8) is 0 Å². The van der Waals surface area contributed by atoms with Gasteiger partial charge in [-0.3, -0.25) is 4.98 Å². The summed E-state index contributed by atoms with van der Waals surface area (Å²) in [6, 6.07) is 8.54. The van der Waals surface area contributed by atoms with Crippen LogP contribution in [0.25, 0.3) is 0 Å². The summed E-state index contributed by atoms with van der Waals surface area (Å²) in [4.78, 5) is 11.1. The Balaban J connectivity index is 2.09. The van der Waals surface area contributed by atoms with Gasteiger partial charge in [0.25, 0.3) is 0 Å². The number of fused-ring (bicyclic) bond motifs is 1. The second-order valence-corrected chi connectivity index (χ2v) is 4.77. The Bertz CT molecular complexity index is 568. The Morgan fingerprint density at radius 3 is 2.84 bits per heavy atom. The van der Waals surface area contributed by atoms with E-state index in [4.69, 9.17) is 5.73 Å². The van der Waals surface area contributed by atoms with Crippen LogP contribution in [0.3, 0.4) is 0 Å². The third-order valence-electron chi connectivity index (χ3n) is 3.56. The van der Waals surface area contributed by atoms with Crippen molar-refractivity contribution in [2.24, 2.45) is 5.73 Å². The molecule has 0 fully saturated rings. The van der Waals surface area contributed by atoms with Gasteiger partial charge in [-0.1, -0.05) is 18.2 Å². The molecule has 0 saturated heterocycles. The first kappa shape index (κ1) is 12.1. The van der Waals surface area contributed by atoms with Crippen molar-refractivity contribution < 1.29 is 0 Å². The minimum atomic E-state index is 0.418. The maximum absolute atomic E-state index is 5.79. The molecule has 4 nitrogen and oxygen atoms in total. The molecule has 98 valence electrons. The Hall–Kier alpha value is -1.94. The highest BCUT2D eigenvalue weighted by atomic mass is 15.2. The monoisotopic (exact) mass is 254 g/mol. The van der Waals surface area contributed by atoms with Crippen molar-refractivity contribution in [1.82, 2.24) is 9.97 Å². The minimum Gasteiger partial charge on any atom is -0.325 e. The van der Waals surface area contributed by atoms with Crippen molar-refractivity contribution in [1.29, 1.82) is 0 Å². The molecule has 0 unspecified atom stereocenters. The number of aromatic nitrogens is 2. The molecule has 0 spiro atoms. The smallest absolute Gasteiger partial charge is 0.156 e. The predicted octanol–water partition coefficient (Wildman–Crippen LogP) is 2.41. The number of hydrogen-bond donors (Lipinski definition) is 1. The average molecular weight is 254 g/mol. The normalized spacial score (nSPS) is 14.9. The molecule has 0 radical (unpaired) electrons. The highest BCUT2D eigenvalue weighted by Gasteiger charge is 2.19. The first-order valence-electron chi connectivity index (χ1n) is 6.75. The van der Waals surface area contributed by atoms with Gasteiger partial charge in [0.1, 0.15) is 0 Å². The topological polar surface area (TPSA) is 55.0 Å². The lowest BCUT2D eigenvalue weighted by Crippen LogP contribution is -2.22. The van der Waals surface area contributed by atoms with Gasteiger partial charge in [-0.05, 0) is 30.9 Å². The molecular weight excluding hydrogens is 236 g/mol. The standard InChI is InChI=1S/C15H18N4/c16-11-13-15(18-9-8-17-13)19-10-4-3-6-12-5-1-2-7-14(12)19/h1-2,5,7-9H,3-4,6,10-11,16H2. The molecule has 4 heteroatoms. The van der Waals surface area contributed by atoms with Crippen LogP contribution in [0.2, 0.25) is 0 Å². The second kappa shape index (κ2) is 5.36. The fourth-order valence-corrected chi connectivity index (χ4v) is 2.64. The van der Waals surface area contributed by atoms with Crippen molar-refractivity contribution >= 4 is 11.5 Å². The summed E-state index contributed by atoms with van der Waals surface area (Å²) in [6.07, 6.45) is 6.95. The zero-order valence-electron chi connectivity index (χ0n) is 10.9. The summed E-state index contributed by atoms with van der Waals surface area (Å²) in [7, 11) is 0. The van der Waals surface area contributed by atoms with Gasteiger partial charge >= 0.3 is 0 Å². The largest absolute Gasteiger partial charge is 0.325 e. The zero-order valence-corrected chi connectivity index (χ0v) is 10.9. The predicted molar refractivity (Wildman–Crippen MR) is 76.3 cm³/mol. The van der Waals surface area contributed by atoms with Gasteiger partial charge in [0.2, 0.25) is 0 Å². The Morgan fingerprint density at radius 1 is 1.11 bits per heavy atom. The molecule has 2 heterocycles. The molecule has 0 bridgehead atoms. The van der Waals surface area contributed by atoms with Gasteiger partial charge in [0.15, 0.2) is 5.82 Å². The lowest BCUT2D eigenvalue weighted by Gasteiger charge is -2.25. The first-order chi connectivity index (χ1) is 9.40. The van der Waals surface area contributed by atoms with Crippen molar-refractivity contribution in [3.05, 3.63) is 47.9 Å². The van der Waals surface area contributed by atoms with Crippen LogP contribution in [-0.2, 0) is 13.0 Å². The molecule has 3 rings (SSSR count). The Kier molecular flexibility index (Phi) is 3.42. The summed E-state index contributed by atoms with van der Waals surface area (Å²) in [6.45, 7) is 1.39. The molecule has 0 saturated carbocycles. The number of para-hydroxylation sites is 1. The number of benzene rings is 1.